The summed E-state index contributed by atoms with van der Waals surface area (Å²) in [4.78, 5) is 9.71. The molecule has 0 amide bonds. The van der Waals surface area contributed by atoms with Crippen molar-refractivity contribution in [2.24, 2.45) is 0 Å². The molecule has 4 heteroatoms. The van der Waals surface area contributed by atoms with Crippen LogP contribution in [0, 0.1) is 11.8 Å². The summed E-state index contributed by atoms with van der Waals surface area (Å²) in [6, 6.07) is 18.1. The molecule has 0 atom stereocenters. The standard InChI is InChI=1S/C21H19N3S.C2H6/c1-24(2)20-11-8-17(9-12-20)7-10-19-5-3-4-6-21(23-16-22-19)18-13-14-25-15-18;1-2/h3-6,8-9,11-16H,1-2H3,(H,22,23);1-2H3. The topological polar surface area (TPSA) is 31.9 Å². The van der Waals surface area contributed by atoms with E-state index in [1.807, 2.05) is 69.7 Å². The maximum Gasteiger partial charge on any atom is 0.0935 e. The Kier molecular flexibility index (Phi) is 8.15. The minimum absolute atomic E-state index is 0.802. The largest absolute Gasteiger partial charge is 0.378 e. The van der Waals surface area contributed by atoms with Crippen LogP contribution in [-0.2, 0) is 0 Å². The third-order valence-electron chi connectivity index (χ3n) is 3.59. The molecule has 0 saturated carbocycles. The highest BCUT2D eigenvalue weighted by Gasteiger charge is 1.96. The zero-order valence-electron chi connectivity index (χ0n) is 16.2. The van der Waals surface area contributed by atoms with E-state index >= 15 is 0 Å². The van der Waals surface area contributed by atoms with Crippen molar-refractivity contribution in [1.29, 1.82) is 0 Å². The summed E-state index contributed by atoms with van der Waals surface area (Å²) in [5.74, 6) is 6.33. The van der Waals surface area contributed by atoms with Gasteiger partial charge in [-0.2, -0.15) is 11.3 Å². The van der Waals surface area contributed by atoms with Crippen LogP contribution in [-0.4, -0.2) is 24.1 Å². The van der Waals surface area contributed by atoms with Gasteiger partial charge in [-0.3, -0.25) is 0 Å². The van der Waals surface area contributed by atoms with Crippen molar-refractivity contribution in [3.8, 4) is 23.1 Å². The summed E-state index contributed by atoms with van der Waals surface area (Å²) in [6.45, 7) is 4.00. The SMILES string of the molecule is CC.CN(C)c1ccc(C#Cc2ccccc(-c3ccsc3)nc[nH]2)cc1. The molecule has 1 N–H and O–H groups in total. The van der Waals surface area contributed by atoms with Crippen molar-refractivity contribution in [1.82, 2.24) is 9.97 Å². The summed E-state index contributed by atoms with van der Waals surface area (Å²) in [5, 5.41) is 4.13. The Labute approximate surface area is 166 Å². The Hall–Kier alpha value is -3.03. The Morgan fingerprint density at radius 2 is 1.67 bits per heavy atom. The Morgan fingerprint density at radius 1 is 0.926 bits per heavy atom. The molecule has 1 aromatic carbocycles. The first-order valence-corrected chi connectivity index (χ1v) is 9.86. The van der Waals surface area contributed by atoms with Crippen LogP contribution in [0.4, 0.5) is 5.69 Å². The molecule has 0 unspecified atom stereocenters. The number of aromatic nitrogens is 2. The fourth-order valence-electron chi connectivity index (χ4n) is 2.20. The van der Waals surface area contributed by atoms with Crippen LogP contribution in [0.15, 0.2) is 71.7 Å². The van der Waals surface area contributed by atoms with Gasteiger partial charge in [0.25, 0.3) is 0 Å². The molecule has 0 fully saturated rings. The molecule has 0 radical (unpaired) electrons. The van der Waals surface area contributed by atoms with Gasteiger partial charge in [0, 0.05) is 36.3 Å². The van der Waals surface area contributed by atoms with Gasteiger partial charge >= 0.3 is 0 Å². The normalized spacial score (nSPS) is 9.19. The molecule has 3 aromatic rings. The highest BCUT2D eigenvalue weighted by atomic mass is 32.1. The fraction of sp³-hybridized carbons (Fsp3) is 0.174. The van der Waals surface area contributed by atoms with E-state index < -0.39 is 0 Å². The minimum atomic E-state index is 0.802. The fourth-order valence-corrected chi connectivity index (χ4v) is 2.85. The van der Waals surface area contributed by atoms with E-state index in [-0.39, 0.29) is 0 Å². The molecule has 2 heterocycles. The van der Waals surface area contributed by atoms with E-state index in [4.69, 9.17) is 0 Å². The summed E-state index contributed by atoms with van der Waals surface area (Å²) < 4.78 is 0. The van der Waals surface area contributed by atoms with Crippen molar-refractivity contribution in [2.75, 3.05) is 19.0 Å². The Bertz CT molecular complexity index is 926. The number of benzene rings is 1. The van der Waals surface area contributed by atoms with Crippen LogP contribution in [0.25, 0.3) is 11.3 Å². The first-order chi connectivity index (χ1) is 13.2. The molecule has 3 nitrogen and oxygen atoms in total. The number of rotatable bonds is 2. The molecule has 0 spiro atoms. The Morgan fingerprint density at radius 3 is 2.33 bits per heavy atom. The van der Waals surface area contributed by atoms with Gasteiger partial charge < -0.3 is 9.88 Å². The molecule has 0 aliphatic heterocycles. The molecule has 0 bridgehead atoms. The van der Waals surface area contributed by atoms with Gasteiger partial charge in [-0.25, -0.2) is 4.98 Å². The van der Waals surface area contributed by atoms with Gasteiger partial charge in [0.15, 0.2) is 0 Å². The summed E-state index contributed by atoms with van der Waals surface area (Å²) in [7, 11) is 4.05. The summed E-state index contributed by atoms with van der Waals surface area (Å²) in [6.07, 6.45) is 1.69. The van der Waals surface area contributed by atoms with Gasteiger partial charge in [0.05, 0.1) is 17.7 Å². The van der Waals surface area contributed by atoms with Gasteiger partial charge in [0.2, 0.25) is 0 Å². The lowest BCUT2D eigenvalue weighted by Crippen LogP contribution is -2.07. The third kappa shape index (κ3) is 6.32. The number of thiophene rings is 1. The van der Waals surface area contributed by atoms with E-state index in [1.165, 1.54) is 0 Å². The molecular formula is C23H25N3S. The quantitative estimate of drug-likeness (QED) is 0.578. The number of hydrogen-bond donors (Lipinski definition) is 1. The first-order valence-electron chi connectivity index (χ1n) is 8.92. The molecule has 27 heavy (non-hydrogen) atoms. The lowest BCUT2D eigenvalue weighted by Gasteiger charge is -2.11. The lowest BCUT2D eigenvalue weighted by atomic mass is 10.2. The highest BCUT2D eigenvalue weighted by Crippen LogP contribution is 2.18. The molecule has 138 valence electrons. The van der Waals surface area contributed by atoms with E-state index in [2.05, 4.69) is 50.3 Å². The van der Waals surface area contributed by atoms with Gasteiger partial charge in [-0.15, -0.1) is 0 Å². The molecule has 3 rings (SSSR count). The number of anilines is 1. The zero-order valence-corrected chi connectivity index (χ0v) is 17.0. The predicted molar refractivity (Wildman–Crippen MR) is 118 cm³/mol. The number of H-pyrrole nitrogens is 1. The van der Waals surface area contributed by atoms with E-state index in [9.17, 15) is 0 Å². The maximum atomic E-state index is 4.49. The van der Waals surface area contributed by atoms with Crippen LogP contribution < -0.4 is 4.90 Å². The number of aromatic amines is 1. The molecule has 2 aromatic heterocycles. The zero-order chi connectivity index (χ0) is 19.5. The van der Waals surface area contributed by atoms with Crippen LogP contribution in [0.3, 0.4) is 0 Å². The minimum Gasteiger partial charge on any atom is -0.378 e. The van der Waals surface area contributed by atoms with Gasteiger partial charge in [-0.1, -0.05) is 31.9 Å². The van der Waals surface area contributed by atoms with Gasteiger partial charge in [-0.05, 0) is 53.8 Å². The van der Waals surface area contributed by atoms with Crippen molar-refractivity contribution >= 4 is 17.0 Å². The second kappa shape index (κ2) is 10.8. The Balaban J connectivity index is 0.00000126. The van der Waals surface area contributed by atoms with E-state index in [1.54, 1.807) is 17.7 Å². The van der Waals surface area contributed by atoms with Crippen LogP contribution in [0.5, 0.6) is 0 Å². The first kappa shape index (κ1) is 20.3. The van der Waals surface area contributed by atoms with Crippen molar-refractivity contribution in [3.05, 3.63) is 82.9 Å². The number of nitrogens with zero attached hydrogens (tertiary/aromatic N) is 2. The van der Waals surface area contributed by atoms with Crippen LogP contribution >= 0.6 is 11.3 Å². The van der Waals surface area contributed by atoms with Crippen LogP contribution in [0.1, 0.15) is 25.1 Å². The molecule has 0 aliphatic rings. The van der Waals surface area contributed by atoms with Crippen molar-refractivity contribution in [2.45, 2.75) is 13.8 Å². The number of nitrogens with one attached hydrogen (secondary N) is 1. The summed E-state index contributed by atoms with van der Waals surface area (Å²) in [5.41, 5.74) is 4.98. The smallest absolute Gasteiger partial charge is 0.0935 e. The van der Waals surface area contributed by atoms with Crippen LogP contribution in [0.2, 0.25) is 0 Å². The molecule has 0 aliphatic carbocycles. The lowest BCUT2D eigenvalue weighted by molar-refractivity contribution is 1.13. The second-order valence-electron chi connectivity index (χ2n) is 5.62. The predicted octanol–water partition coefficient (Wildman–Crippen LogP) is 5.75. The van der Waals surface area contributed by atoms with Crippen molar-refractivity contribution < 1.29 is 0 Å². The average Bonchev–Trinajstić information content (AvgIpc) is 3.25. The third-order valence-corrected chi connectivity index (χ3v) is 4.28. The average molecular weight is 376 g/mol. The second-order valence-corrected chi connectivity index (χ2v) is 6.40. The molecular weight excluding hydrogens is 350 g/mol. The number of hydrogen-bond acceptors (Lipinski definition) is 3. The van der Waals surface area contributed by atoms with Crippen molar-refractivity contribution in [3.63, 3.8) is 0 Å². The van der Waals surface area contributed by atoms with E-state index in [0.717, 1.165) is 28.2 Å². The van der Waals surface area contributed by atoms with Gasteiger partial charge in [0.1, 0.15) is 0 Å². The summed E-state index contributed by atoms with van der Waals surface area (Å²) >= 11 is 1.66. The highest BCUT2D eigenvalue weighted by molar-refractivity contribution is 7.08. The molecule has 0 saturated heterocycles. The maximum absolute atomic E-state index is 4.49. The van der Waals surface area contributed by atoms with E-state index in [0.29, 0.717) is 0 Å². The monoisotopic (exact) mass is 375 g/mol.